The predicted molar refractivity (Wildman–Crippen MR) is 80.4 cm³/mol. The van der Waals surface area contributed by atoms with Crippen LogP contribution in [0.5, 0.6) is 0 Å². The lowest BCUT2D eigenvalue weighted by Gasteiger charge is -2.29. The van der Waals surface area contributed by atoms with Gasteiger partial charge in [0.25, 0.3) is 0 Å². The van der Waals surface area contributed by atoms with Gasteiger partial charge in [-0.1, -0.05) is 25.4 Å². The van der Waals surface area contributed by atoms with Gasteiger partial charge in [0.15, 0.2) is 0 Å². The summed E-state index contributed by atoms with van der Waals surface area (Å²) >= 11 is 11.6. The van der Waals surface area contributed by atoms with Crippen LogP contribution in [0.25, 0.3) is 0 Å². The Labute approximate surface area is 129 Å². The zero-order valence-corrected chi connectivity index (χ0v) is 13.8. The smallest absolute Gasteiger partial charge is 0.207 e. The fourth-order valence-electron chi connectivity index (χ4n) is 2.08. The summed E-state index contributed by atoms with van der Waals surface area (Å²) in [5.74, 6) is -0.466. The number of benzene rings is 1. The minimum absolute atomic E-state index is 0.0110. The number of rotatable bonds is 7. The normalized spacial score (nSPS) is 12.3. The molecule has 0 amide bonds. The molecule has 0 aliphatic carbocycles. The molecular weight excluding hydrogens is 324 g/mol. The molecule has 0 atom stereocenters. The van der Waals surface area contributed by atoms with Crippen LogP contribution in [-0.2, 0) is 10.0 Å². The van der Waals surface area contributed by atoms with Gasteiger partial charge in [0.05, 0.1) is 5.02 Å². The molecule has 1 rings (SSSR count). The van der Waals surface area contributed by atoms with Gasteiger partial charge in [0, 0.05) is 18.5 Å². The van der Waals surface area contributed by atoms with E-state index in [0.717, 1.165) is 12.1 Å². The summed E-state index contributed by atoms with van der Waals surface area (Å²) < 4.78 is 40.0. The Morgan fingerprint density at radius 1 is 1.30 bits per heavy atom. The summed E-state index contributed by atoms with van der Waals surface area (Å²) in [6.07, 6.45) is 1.30. The highest BCUT2D eigenvalue weighted by Gasteiger charge is 2.31. The quantitative estimate of drug-likeness (QED) is 0.705. The highest BCUT2D eigenvalue weighted by Crippen LogP contribution is 2.28. The van der Waals surface area contributed by atoms with Crippen LogP contribution in [0.2, 0.25) is 5.02 Å². The molecule has 0 fully saturated rings. The third kappa shape index (κ3) is 3.85. The Hall–Kier alpha value is -0.360. The summed E-state index contributed by atoms with van der Waals surface area (Å²) in [6.45, 7) is 3.97. The van der Waals surface area contributed by atoms with Crippen molar-refractivity contribution in [1.29, 1.82) is 0 Å². The van der Waals surface area contributed by atoms with Gasteiger partial charge in [-0.05, 0) is 31.0 Å². The van der Waals surface area contributed by atoms with E-state index in [2.05, 4.69) is 0 Å². The van der Waals surface area contributed by atoms with E-state index in [1.807, 2.05) is 13.8 Å². The average Bonchev–Trinajstić information content (AvgIpc) is 2.41. The van der Waals surface area contributed by atoms with Crippen LogP contribution in [0.1, 0.15) is 26.7 Å². The molecule has 0 bridgehead atoms. The van der Waals surface area contributed by atoms with Crippen LogP contribution >= 0.6 is 23.2 Å². The van der Waals surface area contributed by atoms with E-state index in [1.165, 1.54) is 10.4 Å². The minimum atomic E-state index is -3.86. The van der Waals surface area contributed by atoms with Crippen LogP contribution in [0, 0.1) is 5.82 Å². The molecule has 0 radical (unpaired) electrons. The zero-order valence-electron chi connectivity index (χ0n) is 11.4. The molecule has 1 aromatic carbocycles. The highest BCUT2D eigenvalue weighted by molar-refractivity contribution is 7.89. The zero-order chi connectivity index (χ0) is 15.3. The van der Waals surface area contributed by atoms with Crippen molar-refractivity contribution in [3.05, 3.63) is 29.0 Å². The van der Waals surface area contributed by atoms with E-state index >= 15 is 0 Å². The van der Waals surface area contributed by atoms with Crippen LogP contribution < -0.4 is 0 Å². The molecule has 7 heteroatoms. The van der Waals surface area contributed by atoms with Crippen molar-refractivity contribution in [1.82, 2.24) is 4.31 Å². The van der Waals surface area contributed by atoms with Gasteiger partial charge in [-0.15, -0.1) is 11.6 Å². The van der Waals surface area contributed by atoms with Gasteiger partial charge in [0.1, 0.15) is 10.7 Å². The van der Waals surface area contributed by atoms with Gasteiger partial charge in [-0.3, -0.25) is 0 Å². The van der Waals surface area contributed by atoms with Crippen molar-refractivity contribution in [3.8, 4) is 0 Å². The summed E-state index contributed by atoms with van der Waals surface area (Å²) in [6, 6.07) is 3.14. The second kappa shape index (κ2) is 7.59. The van der Waals surface area contributed by atoms with Crippen molar-refractivity contribution in [2.45, 2.75) is 37.6 Å². The summed E-state index contributed by atoms with van der Waals surface area (Å²) in [7, 11) is -3.86. The Morgan fingerprint density at radius 3 is 2.40 bits per heavy atom. The topological polar surface area (TPSA) is 37.4 Å². The van der Waals surface area contributed by atoms with Gasteiger partial charge in [-0.2, -0.15) is 4.31 Å². The number of alkyl halides is 1. The van der Waals surface area contributed by atoms with E-state index in [9.17, 15) is 12.8 Å². The van der Waals surface area contributed by atoms with Gasteiger partial charge < -0.3 is 0 Å². The maximum Gasteiger partial charge on any atom is 0.244 e. The predicted octanol–water partition coefficient (Wildman–Crippen LogP) is 3.90. The van der Waals surface area contributed by atoms with Crippen LogP contribution in [0.3, 0.4) is 0 Å². The molecule has 0 saturated carbocycles. The molecule has 0 unspecified atom stereocenters. The standard InChI is InChI=1S/C13H18Cl2FNO2S/c1-3-11(4-2)17(8-7-14)20(18,19)13-9-10(16)5-6-12(13)15/h5-6,9,11H,3-4,7-8H2,1-2H3. The second-order valence-electron chi connectivity index (χ2n) is 4.35. The second-order valence-corrected chi connectivity index (χ2v) is 6.99. The van der Waals surface area contributed by atoms with E-state index in [1.54, 1.807) is 0 Å². The number of hydrogen-bond acceptors (Lipinski definition) is 2. The van der Waals surface area contributed by atoms with E-state index < -0.39 is 15.8 Å². The summed E-state index contributed by atoms with van der Waals surface area (Å²) in [4.78, 5) is -0.212. The maximum absolute atomic E-state index is 13.3. The van der Waals surface area contributed by atoms with Gasteiger partial charge in [0.2, 0.25) is 10.0 Å². The van der Waals surface area contributed by atoms with Crippen molar-refractivity contribution < 1.29 is 12.8 Å². The molecule has 0 spiro atoms. The fourth-order valence-corrected chi connectivity index (χ4v) is 4.62. The largest absolute Gasteiger partial charge is 0.244 e. The lowest BCUT2D eigenvalue weighted by Crippen LogP contribution is -2.41. The molecule has 0 aliphatic heterocycles. The van der Waals surface area contributed by atoms with E-state index in [-0.39, 0.29) is 28.4 Å². The highest BCUT2D eigenvalue weighted by atomic mass is 35.5. The lowest BCUT2D eigenvalue weighted by molar-refractivity contribution is 0.316. The summed E-state index contributed by atoms with van der Waals surface area (Å²) in [5.41, 5.74) is 0. The van der Waals surface area contributed by atoms with Crippen LogP contribution in [-0.4, -0.2) is 31.2 Å². The Morgan fingerprint density at radius 2 is 1.90 bits per heavy atom. The first kappa shape index (κ1) is 17.7. The molecule has 0 N–H and O–H groups in total. The van der Waals surface area contributed by atoms with Crippen LogP contribution in [0.4, 0.5) is 4.39 Å². The molecule has 0 aliphatic rings. The van der Waals surface area contributed by atoms with E-state index in [4.69, 9.17) is 23.2 Å². The molecular formula is C13H18Cl2FNO2S. The van der Waals surface area contributed by atoms with Crippen molar-refractivity contribution in [2.24, 2.45) is 0 Å². The van der Waals surface area contributed by atoms with E-state index in [0.29, 0.717) is 12.8 Å². The first-order valence-electron chi connectivity index (χ1n) is 6.41. The van der Waals surface area contributed by atoms with Gasteiger partial charge >= 0.3 is 0 Å². The van der Waals surface area contributed by atoms with Crippen molar-refractivity contribution in [2.75, 3.05) is 12.4 Å². The SMILES string of the molecule is CCC(CC)N(CCCl)S(=O)(=O)c1cc(F)ccc1Cl. The molecule has 0 heterocycles. The number of nitrogens with zero attached hydrogens (tertiary/aromatic N) is 1. The average molecular weight is 342 g/mol. The minimum Gasteiger partial charge on any atom is -0.207 e. The van der Waals surface area contributed by atoms with Crippen LogP contribution in [0.15, 0.2) is 23.1 Å². The first-order chi connectivity index (χ1) is 9.38. The molecule has 1 aromatic rings. The molecule has 20 heavy (non-hydrogen) atoms. The Balaban J connectivity index is 3.32. The molecule has 0 saturated heterocycles. The molecule has 0 aromatic heterocycles. The number of halogens is 3. The number of sulfonamides is 1. The monoisotopic (exact) mass is 341 g/mol. The number of hydrogen-bond donors (Lipinski definition) is 0. The third-order valence-electron chi connectivity index (χ3n) is 3.13. The maximum atomic E-state index is 13.3. The first-order valence-corrected chi connectivity index (χ1v) is 8.76. The fraction of sp³-hybridized carbons (Fsp3) is 0.538. The van der Waals surface area contributed by atoms with Gasteiger partial charge in [-0.25, -0.2) is 12.8 Å². The molecule has 114 valence electrons. The lowest BCUT2D eigenvalue weighted by atomic mass is 10.2. The Bertz CT molecular complexity index is 547. The molecule has 3 nitrogen and oxygen atoms in total. The van der Waals surface area contributed by atoms with Crippen molar-refractivity contribution in [3.63, 3.8) is 0 Å². The van der Waals surface area contributed by atoms with Crippen molar-refractivity contribution >= 4 is 33.2 Å². The third-order valence-corrected chi connectivity index (χ3v) is 5.74. The Kier molecular flexibility index (Phi) is 6.72. The summed E-state index contributed by atoms with van der Waals surface area (Å²) in [5, 5.41) is 0.0110.